The SMILES string of the molecule is CNc1ncc(C(=O)N2CCC3(CC2)OCCc2cnc(-c4ccccc4)nc23)cn1. The van der Waals surface area contributed by atoms with E-state index in [-0.39, 0.29) is 5.91 Å². The van der Waals surface area contributed by atoms with Gasteiger partial charge in [-0.25, -0.2) is 19.9 Å². The van der Waals surface area contributed by atoms with Gasteiger partial charge in [-0.3, -0.25) is 4.79 Å². The zero-order chi connectivity index (χ0) is 21.3. The largest absolute Gasteiger partial charge is 0.368 e. The smallest absolute Gasteiger partial charge is 0.256 e. The van der Waals surface area contributed by atoms with Crippen molar-refractivity contribution in [2.24, 2.45) is 0 Å². The van der Waals surface area contributed by atoms with Gasteiger partial charge in [-0.1, -0.05) is 30.3 Å². The molecule has 1 aromatic carbocycles. The average Bonchev–Trinajstić information content (AvgIpc) is 2.85. The van der Waals surface area contributed by atoms with Crippen molar-refractivity contribution < 1.29 is 9.53 Å². The third-order valence-electron chi connectivity index (χ3n) is 6.06. The lowest BCUT2D eigenvalue weighted by atomic mass is 9.83. The van der Waals surface area contributed by atoms with Gasteiger partial charge < -0.3 is 15.0 Å². The number of amides is 1. The van der Waals surface area contributed by atoms with Gasteiger partial charge in [-0.15, -0.1) is 0 Å². The number of hydrogen-bond donors (Lipinski definition) is 1. The van der Waals surface area contributed by atoms with Gasteiger partial charge in [0.2, 0.25) is 5.95 Å². The van der Waals surface area contributed by atoms with Gasteiger partial charge in [0.25, 0.3) is 5.91 Å². The zero-order valence-corrected chi connectivity index (χ0v) is 17.4. The lowest BCUT2D eigenvalue weighted by Crippen LogP contribution is -2.49. The fraction of sp³-hybridized carbons (Fsp3) is 0.348. The molecule has 0 saturated carbocycles. The van der Waals surface area contributed by atoms with Crippen molar-refractivity contribution in [2.45, 2.75) is 24.9 Å². The van der Waals surface area contributed by atoms with Crippen molar-refractivity contribution in [3.05, 3.63) is 65.7 Å². The predicted octanol–water partition coefficient (Wildman–Crippen LogP) is 2.68. The molecule has 0 aliphatic carbocycles. The van der Waals surface area contributed by atoms with Crippen molar-refractivity contribution >= 4 is 11.9 Å². The highest BCUT2D eigenvalue weighted by Gasteiger charge is 2.43. The normalized spacial score (nSPS) is 17.3. The number of carbonyl (C=O) groups excluding carboxylic acids is 1. The van der Waals surface area contributed by atoms with Crippen molar-refractivity contribution in [1.29, 1.82) is 0 Å². The first-order valence-electron chi connectivity index (χ1n) is 10.5. The minimum atomic E-state index is -0.469. The summed E-state index contributed by atoms with van der Waals surface area (Å²) in [5.74, 6) is 1.15. The summed E-state index contributed by atoms with van der Waals surface area (Å²) in [6, 6.07) is 9.99. The molecule has 1 N–H and O–H groups in total. The molecule has 0 atom stereocenters. The van der Waals surface area contributed by atoms with Gasteiger partial charge in [-0.2, -0.15) is 0 Å². The van der Waals surface area contributed by atoms with Crippen LogP contribution < -0.4 is 5.32 Å². The Morgan fingerprint density at radius 1 is 1.06 bits per heavy atom. The van der Waals surface area contributed by atoms with Crippen LogP contribution in [0.5, 0.6) is 0 Å². The molecule has 1 spiro atoms. The zero-order valence-electron chi connectivity index (χ0n) is 17.4. The van der Waals surface area contributed by atoms with Gasteiger partial charge in [0, 0.05) is 44.3 Å². The monoisotopic (exact) mass is 416 g/mol. The molecule has 0 radical (unpaired) electrons. The van der Waals surface area contributed by atoms with E-state index in [1.54, 1.807) is 19.4 Å². The van der Waals surface area contributed by atoms with Crippen LogP contribution in [0.3, 0.4) is 0 Å². The number of piperidine rings is 1. The van der Waals surface area contributed by atoms with Crippen molar-refractivity contribution in [3.63, 3.8) is 0 Å². The lowest BCUT2D eigenvalue weighted by molar-refractivity contribution is -0.0967. The number of ether oxygens (including phenoxy) is 1. The number of likely N-dealkylation sites (tertiary alicyclic amines) is 1. The summed E-state index contributed by atoms with van der Waals surface area (Å²) in [4.78, 5) is 32.6. The van der Waals surface area contributed by atoms with Crippen LogP contribution in [0, 0.1) is 0 Å². The van der Waals surface area contributed by atoms with E-state index in [0.29, 0.717) is 49.9 Å². The Kier molecular flexibility index (Phi) is 5.07. The molecule has 2 aromatic heterocycles. The number of anilines is 1. The summed E-state index contributed by atoms with van der Waals surface area (Å²) in [6.45, 7) is 1.84. The first-order chi connectivity index (χ1) is 15.2. The van der Waals surface area contributed by atoms with Gasteiger partial charge in [-0.05, 0) is 24.8 Å². The van der Waals surface area contributed by atoms with Crippen LogP contribution in [0.15, 0.2) is 48.9 Å². The van der Waals surface area contributed by atoms with E-state index in [1.165, 1.54) is 0 Å². The summed E-state index contributed by atoms with van der Waals surface area (Å²) in [5, 5.41) is 2.86. The molecule has 2 aliphatic heterocycles. The topological polar surface area (TPSA) is 93.1 Å². The standard InChI is InChI=1S/C23H24N6O2/c1-24-22-26-14-18(15-27-22)21(30)29-10-8-23(9-11-29)19-17(7-12-31-23)13-25-20(28-19)16-5-3-2-4-6-16/h2-6,13-15H,7-12H2,1H3,(H,24,26,27). The number of carbonyl (C=O) groups is 1. The Morgan fingerprint density at radius 2 is 1.81 bits per heavy atom. The number of nitrogens with zero attached hydrogens (tertiary/aromatic N) is 5. The van der Waals surface area contributed by atoms with Crippen molar-refractivity contribution in [1.82, 2.24) is 24.8 Å². The minimum Gasteiger partial charge on any atom is -0.368 e. The maximum Gasteiger partial charge on any atom is 0.256 e. The van der Waals surface area contributed by atoms with E-state index >= 15 is 0 Å². The molecule has 1 amide bonds. The molecule has 31 heavy (non-hydrogen) atoms. The molecule has 158 valence electrons. The Hall–Kier alpha value is -3.39. The molecule has 1 saturated heterocycles. The van der Waals surface area contributed by atoms with E-state index in [1.807, 2.05) is 41.4 Å². The first-order valence-corrected chi connectivity index (χ1v) is 10.5. The predicted molar refractivity (Wildman–Crippen MR) is 116 cm³/mol. The summed E-state index contributed by atoms with van der Waals surface area (Å²) in [7, 11) is 1.75. The van der Waals surface area contributed by atoms with Crippen LogP contribution >= 0.6 is 0 Å². The highest BCUT2D eigenvalue weighted by Crippen LogP contribution is 2.41. The fourth-order valence-corrected chi connectivity index (χ4v) is 4.34. The summed E-state index contributed by atoms with van der Waals surface area (Å²) in [6.07, 6.45) is 7.28. The second-order valence-electron chi connectivity index (χ2n) is 7.86. The van der Waals surface area contributed by atoms with E-state index in [4.69, 9.17) is 9.72 Å². The van der Waals surface area contributed by atoms with E-state index in [2.05, 4.69) is 20.3 Å². The molecule has 8 nitrogen and oxygen atoms in total. The molecule has 8 heteroatoms. The van der Waals surface area contributed by atoms with E-state index in [9.17, 15) is 4.79 Å². The average molecular weight is 416 g/mol. The second kappa shape index (κ2) is 8.03. The molecule has 5 rings (SSSR count). The van der Waals surface area contributed by atoms with Gasteiger partial charge in [0.15, 0.2) is 5.82 Å². The Bertz CT molecular complexity index is 1080. The van der Waals surface area contributed by atoms with Crippen LogP contribution in [0.2, 0.25) is 0 Å². The molecule has 0 bridgehead atoms. The summed E-state index contributed by atoms with van der Waals surface area (Å²) in [5.41, 5.74) is 3.13. The lowest BCUT2D eigenvalue weighted by Gasteiger charge is -2.44. The molecule has 0 unspecified atom stereocenters. The Labute approximate surface area is 180 Å². The van der Waals surface area contributed by atoms with Gasteiger partial charge >= 0.3 is 0 Å². The third-order valence-corrected chi connectivity index (χ3v) is 6.06. The van der Waals surface area contributed by atoms with Gasteiger partial charge in [0.1, 0.15) is 5.60 Å². The highest BCUT2D eigenvalue weighted by atomic mass is 16.5. The number of benzene rings is 1. The van der Waals surface area contributed by atoms with Crippen LogP contribution in [-0.4, -0.2) is 57.5 Å². The number of nitrogens with one attached hydrogen (secondary N) is 1. The summed E-state index contributed by atoms with van der Waals surface area (Å²) >= 11 is 0. The number of fused-ring (bicyclic) bond motifs is 2. The van der Waals surface area contributed by atoms with Crippen LogP contribution in [0.4, 0.5) is 5.95 Å². The quantitative estimate of drug-likeness (QED) is 0.702. The van der Waals surface area contributed by atoms with Crippen LogP contribution in [0.1, 0.15) is 34.5 Å². The molecular formula is C23H24N6O2. The van der Waals surface area contributed by atoms with Crippen molar-refractivity contribution in [2.75, 3.05) is 32.1 Å². The minimum absolute atomic E-state index is 0.0544. The number of rotatable bonds is 3. The van der Waals surface area contributed by atoms with E-state index in [0.717, 1.165) is 23.2 Å². The highest BCUT2D eigenvalue weighted by molar-refractivity contribution is 5.93. The summed E-state index contributed by atoms with van der Waals surface area (Å²) < 4.78 is 6.33. The van der Waals surface area contributed by atoms with E-state index < -0.39 is 5.60 Å². The maximum atomic E-state index is 12.9. The molecular weight excluding hydrogens is 392 g/mol. The molecule has 2 aliphatic rings. The second-order valence-corrected chi connectivity index (χ2v) is 7.86. The van der Waals surface area contributed by atoms with Crippen molar-refractivity contribution in [3.8, 4) is 11.4 Å². The number of hydrogen-bond acceptors (Lipinski definition) is 7. The Balaban J connectivity index is 1.37. The third kappa shape index (κ3) is 3.63. The number of aromatic nitrogens is 4. The fourth-order valence-electron chi connectivity index (χ4n) is 4.34. The van der Waals surface area contributed by atoms with Crippen LogP contribution in [0.25, 0.3) is 11.4 Å². The molecule has 3 aromatic rings. The molecule has 1 fully saturated rings. The molecule has 4 heterocycles. The van der Waals surface area contributed by atoms with Gasteiger partial charge in [0.05, 0.1) is 17.9 Å². The Morgan fingerprint density at radius 3 is 2.52 bits per heavy atom. The van der Waals surface area contributed by atoms with Crippen LogP contribution in [-0.2, 0) is 16.8 Å². The maximum absolute atomic E-state index is 12.9. The first kappa shape index (κ1) is 19.6.